The molecule has 0 saturated heterocycles. The van der Waals surface area contributed by atoms with Crippen LogP contribution in [0.25, 0.3) is 0 Å². The normalized spacial score (nSPS) is 18.1. The van der Waals surface area contributed by atoms with Gasteiger partial charge in [-0.1, -0.05) is 42.8 Å². The zero-order valence-electron chi connectivity index (χ0n) is 20.1. The fourth-order valence-corrected chi connectivity index (χ4v) is 5.41. The van der Waals surface area contributed by atoms with E-state index in [1.54, 1.807) is 56.3 Å². The van der Waals surface area contributed by atoms with Gasteiger partial charge in [0.05, 0.1) is 28.8 Å². The molecule has 1 aliphatic heterocycles. The van der Waals surface area contributed by atoms with Gasteiger partial charge in [0.25, 0.3) is 5.91 Å². The molecule has 2 unspecified atom stereocenters. The van der Waals surface area contributed by atoms with Crippen LogP contribution in [0, 0.1) is 0 Å². The highest BCUT2D eigenvalue weighted by Crippen LogP contribution is 2.47. The fraction of sp³-hybridized carbons (Fsp3) is 0.259. The number of carbonyl (C=O) groups excluding carboxylic acids is 2. The lowest BCUT2D eigenvalue weighted by molar-refractivity contribution is -0.128. The molecule has 0 aliphatic carbocycles. The highest BCUT2D eigenvalue weighted by molar-refractivity contribution is 7.91. The second-order valence-electron chi connectivity index (χ2n) is 8.91. The summed E-state index contributed by atoms with van der Waals surface area (Å²) in [6.07, 6.45) is 0.00723. The Bertz CT molecular complexity index is 1440. The van der Waals surface area contributed by atoms with E-state index in [2.05, 4.69) is 5.32 Å². The van der Waals surface area contributed by atoms with Crippen molar-refractivity contribution in [2.24, 2.45) is 0 Å². The minimum absolute atomic E-state index is 0.00352. The van der Waals surface area contributed by atoms with E-state index in [1.807, 2.05) is 6.07 Å². The molecule has 9 heteroatoms. The number of hydrogen-bond acceptors (Lipinski definition) is 4. The molecule has 188 valence electrons. The number of halogens is 2. The summed E-state index contributed by atoms with van der Waals surface area (Å²) in [5.74, 6) is -1.04. The van der Waals surface area contributed by atoms with Crippen LogP contribution in [-0.4, -0.2) is 26.0 Å². The molecule has 0 aromatic heterocycles. The van der Waals surface area contributed by atoms with Crippen LogP contribution in [0.3, 0.4) is 0 Å². The molecule has 0 radical (unpaired) electrons. The van der Waals surface area contributed by atoms with Gasteiger partial charge in [0, 0.05) is 16.3 Å². The Balaban J connectivity index is 1.54. The summed E-state index contributed by atoms with van der Waals surface area (Å²) >= 11 is 6.11. The van der Waals surface area contributed by atoms with Crippen molar-refractivity contribution in [2.45, 2.75) is 43.8 Å². The molecule has 1 N–H and O–H groups in total. The van der Waals surface area contributed by atoms with Crippen molar-refractivity contribution in [3.63, 3.8) is 0 Å². The maximum absolute atomic E-state index is 15.7. The van der Waals surface area contributed by atoms with Gasteiger partial charge < -0.3 is 10.2 Å². The van der Waals surface area contributed by atoms with Gasteiger partial charge >= 0.3 is 0 Å². The smallest absolute Gasteiger partial charge is 0.269 e. The monoisotopic (exact) mass is 528 g/mol. The Morgan fingerprint density at radius 2 is 1.81 bits per heavy atom. The first kappa shape index (κ1) is 25.9. The van der Waals surface area contributed by atoms with E-state index >= 15 is 4.39 Å². The molecule has 6 nitrogen and oxygen atoms in total. The third-order valence-electron chi connectivity index (χ3n) is 6.41. The molecular formula is C27H26ClFN2O4S. The lowest BCUT2D eigenvalue weighted by atomic mass is 9.99. The minimum atomic E-state index is -3.32. The minimum Gasteiger partial charge on any atom is -0.326 e. The van der Waals surface area contributed by atoms with Crippen molar-refractivity contribution in [3.05, 3.63) is 88.4 Å². The third-order valence-corrected chi connectivity index (χ3v) is 8.40. The molecule has 1 heterocycles. The number of alkyl halides is 1. The molecule has 2 amide bonds. The van der Waals surface area contributed by atoms with E-state index in [-0.39, 0.29) is 28.5 Å². The number of fused-ring (bicyclic) bond motifs is 1. The maximum atomic E-state index is 15.7. The maximum Gasteiger partial charge on any atom is 0.269 e. The SMILES string of the molecule is CCS(=O)(=O)c1ccc(CC(=O)Nc2ccc3c(c2)C(C)(F)C(=O)N3C(C)c2cccc(Cl)c2)cc1. The zero-order valence-corrected chi connectivity index (χ0v) is 21.7. The largest absolute Gasteiger partial charge is 0.326 e. The van der Waals surface area contributed by atoms with Crippen molar-refractivity contribution in [3.8, 4) is 0 Å². The average Bonchev–Trinajstić information content (AvgIpc) is 3.04. The first-order valence-corrected chi connectivity index (χ1v) is 13.5. The standard InChI is InChI=1S/C27H26ClFN2O4S/c1-4-36(34,35)22-11-8-18(9-12-22)14-25(32)30-21-10-13-24-23(16-21)27(3,29)26(33)31(24)17(2)19-6-5-7-20(28)15-19/h5-13,15-17H,4,14H2,1-3H3,(H,30,32). The molecule has 3 aromatic carbocycles. The Labute approximate surface area is 215 Å². The molecule has 0 saturated carbocycles. The Kier molecular flexibility index (Phi) is 6.94. The van der Waals surface area contributed by atoms with Crippen LogP contribution < -0.4 is 10.2 Å². The van der Waals surface area contributed by atoms with Gasteiger partial charge in [-0.05, 0) is 67.4 Å². The van der Waals surface area contributed by atoms with Gasteiger partial charge in [-0.2, -0.15) is 0 Å². The highest BCUT2D eigenvalue weighted by Gasteiger charge is 2.50. The number of sulfone groups is 1. The average molecular weight is 529 g/mol. The summed E-state index contributed by atoms with van der Waals surface area (Å²) in [5, 5.41) is 3.26. The molecule has 2 atom stereocenters. The van der Waals surface area contributed by atoms with Crippen LogP contribution in [-0.2, 0) is 31.5 Å². The molecule has 4 rings (SSSR count). The molecule has 36 heavy (non-hydrogen) atoms. The van der Waals surface area contributed by atoms with E-state index < -0.39 is 27.5 Å². The van der Waals surface area contributed by atoms with E-state index in [9.17, 15) is 18.0 Å². The molecule has 0 bridgehead atoms. The van der Waals surface area contributed by atoms with Crippen molar-refractivity contribution < 1.29 is 22.4 Å². The second kappa shape index (κ2) is 9.67. The number of carbonyl (C=O) groups is 2. The Morgan fingerprint density at radius 1 is 1.11 bits per heavy atom. The summed E-state index contributed by atoms with van der Waals surface area (Å²) < 4.78 is 39.6. The van der Waals surface area contributed by atoms with E-state index in [1.165, 1.54) is 30.0 Å². The van der Waals surface area contributed by atoms with E-state index in [0.717, 1.165) is 5.56 Å². The lowest BCUT2D eigenvalue weighted by Gasteiger charge is -2.26. The van der Waals surface area contributed by atoms with Gasteiger partial charge in [0.2, 0.25) is 11.6 Å². The Hall–Kier alpha value is -3.23. The number of rotatable bonds is 7. The van der Waals surface area contributed by atoms with Crippen LogP contribution in [0.4, 0.5) is 15.8 Å². The summed E-state index contributed by atoms with van der Waals surface area (Å²) in [4.78, 5) is 27.3. The van der Waals surface area contributed by atoms with E-state index in [4.69, 9.17) is 11.6 Å². The number of amides is 2. The van der Waals surface area contributed by atoms with Gasteiger partial charge in [0.1, 0.15) is 0 Å². The van der Waals surface area contributed by atoms with Crippen molar-refractivity contribution >= 4 is 44.6 Å². The first-order valence-electron chi connectivity index (χ1n) is 11.5. The van der Waals surface area contributed by atoms with Crippen LogP contribution >= 0.6 is 11.6 Å². The van der Waals surface area contributed by atoms with Crippen LogP contribution in [0.15, 0.2) is 71.6 Å². The predicted octanol–water partition coefficient (Wildman–Crippen LogP) is 5.61. The summed E-state index contributed by atoms with van der Waals surface area (Å²) in [7, 11) is -3.32. The number of anilines is 2. The van der Waals surface area contributed by atoms with E-state index in [0.29, 0.717) is 22.0 Å². The molecule has 1 aliphatic rings. The third kappa shape index (κ3) is 4.88. The van der Waals surface area contributed by atoms with Crippen molar-refractivity contribution in [2.75, 3.05) is 16.0 Å². The topological polar surface area (TPSA) is 83.5 Å². The highest BCUT2D eigenvalue weighted by atomic mass is 35.5. The molecule has 0 fully saturated rings. The predicted molar refractivity (Wildman–Crippen MR) is 139 cm³/mol. The summed E-state index contributed by atoms with van der Waals surface area (Å²) in [6.45, 7) is 4.60. The van der Waals surface area contributed by atoms with Crippen LogP contribution in [0.2, 0.25) is 5.02 Å². The summed E-state index contributed by atoms with van der Waals surface area (Å²) in [6, 6.07) is 17.5. The van der Waals surface area contributed by atoms with Gasteiger partial charge in [0.15, 0.2) is 9.84 Å². The second-order valence-corrected chi connectivity index (χ2v) is 11.6. The Morgan fingerprint density at radius 3 is 2.44 bits per heavy atom. The fourth-order valence-electron chi connectivity index (χ4n) is 4.32. The number of benzene rings is 3. The van der Waals surface area contributed by atoms with Gasteiger partial charge in [-0.25, -0.2) is 12.8 Å². The van der Waals surface area contributed by atoms with Crippen molar-refractivity contribution in [1.29, 1.82) is 0 Å². The molecule has 3 aromatic rings. The number of nitrogens with zero attached hydrogens (tertiary/aromatic N) is 1. The lowest BCUT2D eigenvalue weighted by Crippen LogP contribution is -2.37. The summed E-state index contributed by atoms with van der Waals surface area (Å²) in [5.41, 5.74) is 0.114. The quantitative estimate of drug-likeness (QED) is 0.432. The van der Waals surface area contributed by atoms with Crippen LogP contribution in [0.1, 0.15) is 43.5 Å². The van der Waals surface area contributed by atoms with Gasteiger partial charge in [-0.3, -0.25) is 9.59 Å². The van der Waals surface area contributed by atoms with Crippen molar-refractivity contribution in [1.82, 2.24) is 0 Å². The zero-order chi connectivity index (χ0) is 26.3. The first-order chi connectivity index (χ1) is 16.9. The van der Waals surface area contributed by atoms with Crippen LogP contribution in [0.5, 0.6) is 0 Å². The molecular weight excluding hydrogens is 503 g/mol. The number of nitrogens with one attached hydrogen (secondary N) is 1. The molecule has 0 spiro atoms. The van der Waals surface area contributed by atoms with Gasteiger partial charge in [-0.15, -0.1) is 0 Å². The number of hydrogen-bond donors (Lipinski definition) is 1.